The van der Waals surface area contributed by atoms with Crippen LogP contribution in [0.3, 0.4) is 0 Å². The molecule has 0 aliphatic heterocycles. The average molecular weight is 356 g/mol. The standard InChI is InChI=1S/C15H12BF5N3O/c1-16-8-4-9(17)12(10(18)5-8)14(25)24-11-3-7(15(19,20)21)6-23-13(11)22-2/h3-6H,1-2H3,(H,22,23)(H,24,25). The van der Waals surface area contributed by atoms with Crippen LogP contribution in [0.4, 0.5) is 33.5 Å². The number of nitrogens with one attached hydrogen (secondary N) is 2. The van der Waals surface area contributed by atoms with Crippen LogP contribution in [0, 0.1) is 11.6 Å². The van der Waals surface area contributed by atoms with Gasteiger partial charge in [0.1, 0.15) is 30.3 Å². The van der Waals surface area contributed by atoms with Crippen LogP contribution >= 0.6 is 0 Å². The third-order valence-electron chi connectivity index (χ3n) is 3.32. The Kier molecular flexibility index (Phi) is 5.29. The van der Waals surface area contributed by atoms with E-state index in [-0.39, 0.29) is 17.0 Å². The zero-order chi connectivity index (χ0) is 18.8. The number of pyridine rings is 1. The van der Waals surface area contributed by atoms with Crippen LogP contribution < -0.4 is 16.1 Å². The number of alkyl halides is 3. The topological polar surface area (TPSA) is 54.0 Å². The molecule has 0 saturated heterocycles. The molecule has 1 amide bonds. The van der Waals surface area contributed by atoms with E-state index in [2.05, 4.69) is 15.6 Å². The first-order chi connectivity index (χ1) is 11.7. The molecule has 1 radical (unpaired) electrons. The van der Waals surface area contributed by atoms with Gasteiger partial charge in [0.25, 0.3) is 5.91 Å². The molecule has 0 aliphatic rings. The minimum atomic E-state index is -4.69. The van der Waals surface area contributed by atoms with E-state index in [1.54, 1.807) is 6.82 Å². The summed E-state index contributed by atoms with van der Waals surface area (Å²) >= 11 is 0. The van der Waals surface area contributed by atoms with Crippen LogP contribution in [0.2, 0.25) is 6.82 Å². The molecule has 0 saturated carbocycles. The second-order valence-corrected chi connectivity index (χ2v) is 4.97. The Morgan fingerprint density at radius 3 is 2.24 bits per heavy atom. The number of carbonyl (C=O) groups excluding carboxylic acids is 1. The van der Waals surface area contributed by atoms with Crippen molar-refractivity contribution in [2.24, 2.45) is 0 Å². The molecule has 0 spiro atoms. The Hall–Kier alpha value is -2.65. The zero-order valence-corrected chi connectivity index (χ0v) is 13.1. The molecule has 0 bridgehead atoms. The molecule has 0 unspecified atom stereocenters. The van der Waals surface area contributed by atoms with Gasteiger partial charge in [-0.2, -0.15) is 13.2 Å². The van der Waals surface area contributed by atoms with Crippen LogP contribution in [0.25, 0.3) is 0 Å². The number of hydrogen-bond acceptors (Lipinski definition) is 3. The Morgan fingerprint density at radius 1 is 1.16 bits per heavy atom. The van der Waals surface area contributed by atoms with Crippen molar-refractivity contribution in [3.63, 3.8) is 0 Å². The van der Waals surface area contributed by atoms with E-state index in [0.717, 1.165) is 12.1 Å². The van der Waals surface area contributed by atoms with Crippen LogP contribution in [0.1, 0.15) is 15.9 Å². The third-order valence-corrected chi connectivity index (χ3v) is 3.32. The fraction of sp³-hybridized carbons (Fsp3) is 0.200. The molecule has 0 fully saturated rings. The van der Waals surface area contributed by atoms with Crippen molar-refractivity contribution in [2.45, 2.75) is 13.0 Å². The summed E-state index contributed by atoms with van der Waals surface area (Å²) in [6.45, 7) is 1.56. The third kappa shape index (κ3) is 4.07. The molecule has 2 N–H and O–H groups in total. The van der Waals surface area contributed by atoms with Crippen molar-refractivity contribution in [1.29, 1.82) is 0 Å². The summed E-state index contributed by atoms with van der Waals surface area (Å²) in [5.41, 5.74) is -2.14. The van der Waals surface area contributed by atoms with Crippen LogP contribution in [0.15, 0.2) is 24.4 Å². The van der Waals surface area contributed by atoms with E-state index in [4.69, 9.17) is 0 Å². The van der Waals surface area contributed by atoms with Crippen molar-refractivity contribution in [3.05, 3.63) is 47.2 Å². The van der Waals surface area contributed by atoms with E-state index in [1.807, 2.05) is 0 Å². The summed E-state index contributed by atoms with van der Waals surface area (Å²) in [6, 6.07) is 2.52. The zero-order valence-electron chi connectivity index (χ0n) is 13.1. The van der Waals surface area contributed by atoms with Crippen molar-refractivity contribution in [2.75, 3.05) is 17.7 Å². The van der Waals surface area contributed by atoms with E-state index in [9.17, 15) is 26.7 Å². The molecular formula is C15H12BF5N3O. The average Bonchev–Trinajstić information content (AvgIpc) is 2.53. The van der Waals surface area contributed by atoms with Gasteiger partial charge < -0.3 is 10.6 Å². The minimum Gasteiger partial charge on any atom is -0.371 e. The number of halogens is 5. The Balaban J connectivity index is 2.41. The van der Waals surface area contributed by atoms with E-state index in [1.165, 1.54) is 14.3 Å². The van der Waals surface area contributed by atoms with Gasteiger partial charge in [-0.1, -0.05) is 12.3 Å². The van der Waals surface area contributed by atoms with Gasteiger partial charge in [0, 0.05) is 13.2 Å². The molecule has 0 aliphatic carbocycles. The number of nitrogens with zero attached hydrogens (tertiary/aromatic N) is 1. The quantitative estimate of drug-likeness (QED) is 0.654. The van der Waals surface area contributed by atoms with Gasteiger partial charge in [-0.25, -0.2) is 13.8 Å². The largest absolute Gasteiger partial charge is 0.417 e. The lowest BCUT2D eigenvalue weighted by Gasteiger charge is -2.14. The van der Waals surface area contributed by atoms with E-state index < -0.39 is 34.8 Å². The highest BCUT2D eigenvalue weighted by molar-refractivity contribution is 6.51. The molecule has 1 aromatic heterocycles. The molecule has 25 heavy (non-hydrogen) atoms. The maximum Gasteiger partial charge on any atom is 0.417 e. The second kappa shape index (κ2) is 7.08. The highest BCUT2D eigenvalue weighted by Gasteiger charge is 2.32. The molecule has 2 aromatic rings. The van der Waals surface area contributed by atoms with Gasteiger partial charge in [-0.15, -0.1) is 0 Å². The van der Waals surface area contributed by atoms with Crippen molar-refractivity contribution >= 4 is 30.2 Å². The van der Waals surface area contributed by atoms with Gasteiger partial charge in [0.05, 0.1) is 11.3 Å². The molecule has 131 valence electrons. The lowest BCUT2D eigenvalue weighted by Crippen LogP contribution is -2.21. The lowest BCUT2D eigenvalue weighted by atomic mass is 9.73. The van der Waals surface area contributed by atoms with Gasteiger partial charge in [-0.05, 0) is 18.2 Å². The van der Waals surface area contributed by atoms with Crippen LogP contribution in [0.5, 0.6) is 0 Å². The molecule has 0 atom stereocenters. The molecule has 10 heteroatoms. The molecule has 1 aromatic carbocycles. The van der Waals surface area contributed by atoms with E-state index >= 15 is 0 Å². The number of carbonyl (C=O) groups is 1. The summed E-state index contributed by atoms with van der Waals surface area (Å²) in [4.78, 5) is 15.7. The summed E-state index contributed by atoms with van der Waals surface area (Å²) < 4.78 is 66.3. The number of benzene rings is 1. The fourth-order valence-corrected chi connectivity index (χ4v) is 2.08. The number of rotatable bonds is 4. The van der Waals surface area contributed by atoms with Crippen molar-refractivity contribution < 1.29 is 26.7 Å². The Morgan fingerprint density at radius 2 is 1.76 bits per heavy atom. The normalized spacial score (nSPS) is 11.2. The molecule has 1 heterocycles. The first kappa shape index (κ1) is 18.7. The first-order valence-electron chi connectivity index (χ1n) is 7.02. The number of hydrogen-bond donors (Lipinski definition) is 2. The maximum absolute atomic E-state index is 14.0. The predicted octanol–water partition coefficient (Wildman–Crippen LogP) is 3.05. The molecule has 2 rings (SSSR count). The van der Waals surface area contributed by atoms with E-state index in [0.29, 0.717) is 12.3 Å². The summed E-state index contributed by atoms with van der Waals surface area (Å²) in [7, 11) is 2.81. The Labute approximate surface area is 140 Å². The highest BCUT2D eigenvalue weighted by atomic mass is 19.4. The first-order valence-corrected chi connectivity index (χ1v) is 7.02. The second-order valence-electron chi connectivity index (χ2n) is 4.97. The summed E-state index contributed by atoms with van der Waals surface area (Å²) in [5, 5.41) is 4.55. The maximum atomic E-state index is 14.0. The van der Waals surface area contributed by atoms with Gasteiger partial charge in [0.2, 0.25) is 0 Å². The number of amides is 1. The van der Waals surface area contributed by atoms with Crippen molar-refractivity contribution in [1.82, 2.24) is 4.98 Å². The van der Waals surface area contributed by atoms with Gasteiger partial charge in [-0.3, -0.25) is 4.79 Å². The Bertz CT molecular complexity index is 787. The fourth-order valence-electron chi connectivity index (χ4n) is 2.08. The van der Waals surface area contributed by atoms with Crippen molar-refractivity contribution in [3.8, 4) is 0 Å². The summed E-state index contributed by atoms with van der Waals surface area (Å²) in [5.74, 6) is -3.57. The smallest absolute Gasteiger partial charge is 0.371 e. The van der Waals surface area contributed by atoms with Crippen LogP contribution in [-0.4, -0.2) is 25.2 Å². The molecular weight excluding hydrogens is 344 g/mol. The van der Waals surface area contributed by atoms with Gasteiger partial charge >= 0.3 is 6.18 Å². The minimum absolute atomic E-state index is 0.0827. The highest BCUT2D eigenvalue weighted by Crippen LogP contribution is 2.32. The predicted molar refractivity (Wildman–Crippen MR) is 84.3 cm³/mol. The SMILES string of the molecule is C[B]c1cc(F)c(C(=O)Nc2cc(C(F)(F)F)cnc2NC)c(F)c1. The van der Waals surface area contributed by atoms with Crippen LogP contribution in [-0.2, 0) is 6.18 Å². The molecule has 4 nitrogen and oxygen atoms in total. The summed E-state index contributed by atoms with van der Waals surface area (Å²) in [6.07, 6.45) is -4.11. The monoisotopic (exact) mass is 356 g/mol. The number of aromatic nitrogens is 1. The van der Waals surface area contributed by atoms with Gasteiger partial charge in [0.15, 0.2) is 0 Å². The lowest BCUT2D eigenvalue weighted by molar-refractivity contribution is -0.137. The number of anilines is 2.